The lowest BCUT2D eigenvalue weighted by atomic mass is 10.1. The van der Waals surface area contributed by atoms with Crippen LogP contribution in [0.25, 0.3) is 22.6 Å². The van der Waals surface area contributed by atoms with E-state index < -0.39 is 23.9 Å². The van der Waals surface area contributed by atoms with Crippen LogP contribution in [0.15, 0.2) is 102 Å². The van der Waals surface area contributed by atoms with E-state index in [0.29, 0.717) is 40.6 Å². The Morgan fingerprint density at radius 3 is 2.60 bits per heavy atom. The summed E-state index contributed by atoms with van der Waals surface area (Å²) in [7, 11) is 0. The fourth-order valence-corrected chi connectivity index (χ4v) is 5.87. The summed E-state index contributed by atoms with van der Waals surface area (Å²) in [5.74, 6) is 1.10. The van der Waals surface area contributed by atoms with E-state index >= 15 is 0 Å². The van der Waals surface area contributed by atoms with Crippen molar-refractivity contribution >= 4 is 29.3 Å². The second-order valence-corrected chi connectivity index (χ2v) is 11.4. The number of alkyl carbamates (subject to hydrolysis) is 1. The minimum absolute atomic E-state index is 0.0202. The first-order valence-corrected chi connectivity index (χ1v) is 15.2. The van der Waals surface area contributed by atoms with E-state index in [2.05, 4.69) is 20.5 Å². The van der Waals surface area contributed by atoms with Gasteiger partial charge >= 0.3 is 18.3 Å². The van der Waals surface area contributed by atoms with Gasteiger partial charge in [0.25, 0.3) is 0 Å². The van der Waals surface area contributed by atoms with Gasteiger partial charge in [-0.25, -0.2) is 19.6 Å². The highest BCUT2D eigenvalue weighted by atomic mass is 19.4. The van der Waals surface area contributed by atoms with Crippen LogP contribution >= 0.6 is 0 Å². The monoisotopic (exact) mass is 654 g/mol. The molecule has 2 aromatic heterocycles. The van der Waals surface area contributed by atoms with Crippen molar-refractivity contribution < 1.29 is 31.9 Å². The van der Waals surface area contributed by atoms with Crippen molar-refractivity contribution in [1.82, 2.24) is 15.3 Å². The van der Waals surface area contributed by atoms with Gasteiger partial charge in [-0.3, -0.25) is 4.90 Å². The molecule has 0 unspecified atom stereocenters. The quantitative estimate of drug-likeness (QED) is 0.187. The molecule has 0 saturated carbocycles. The number of nitrogens with one attached hydrogen (secondary N) is 2. The molecular weight excluding hydrogens is 625 g/mol. The van der Waals surface area contributed by atoms with Crippen molar-refractivity contribution in [3.63, 3.8) is 0 Å². The molecule has 10 nitrogen and oxygen atoms in total. The lowest BCUT2D eigenvalue weighted by molar-refractivity contribution is -0.137. The van der Waals surface area contributed by atoms with Gasteiger partial charge in [0.05, 0.1) is 35.7 Å². The number of alkyl halides is 3. The number of hydrogen-bond acceptors (Lipinski definition) is 7. The Morgan fingerprint density at radius 2 is 1.77 bits per heavy atom. The Kier molecular flexibility index (Phi) is 8.17. The number of nitrogens with zero attached hydrogens (tertiary/aromatic N) is 4. The Labute approximate surface area is 273 Å². The largest absolute Gasteiger partial charge is 0.445 e. The fraction of sp³-hybridized carbons (Fsp3) is 0.200. The van der Waals surface area contributed by atoms with E-state index in [1.165, 1.54) is 12.3 Å². The van der Waals surface area contributed by atoms with E-state index in [9.17, 15) is 22.8 Å². The van der Waals surface area contributed by atoms with Crippen molar-refractivity contribution in [2.75, 3.05) is 28.2 Å². The zero-order valence-corrected chi connectivity index (χ0v) is 25.4. The molecule has 0 aliphatic carbocycles. The lowest BCUT2D eigenvalue weighted by Crippen LogP contribution is -2.48. The molecule has 1 fully saturated rings. The van der Waals surface area contributed by atoms with Crippen LogP contribution in [0, 0.1) is 0 Å². The summed E-state index contributed by atoms with van der Waals surface area (Å²) in [5, 5.41) is 5.57. The summed E-state index contributed by atoms with van der Waals surface area (Å²) in [4.78, 5) is 38.6. The van der Waals surface area contributed by atoms with Gasteiger partial charge in [-0.05, 0) is 48.4 Å². The summed E-state index contributed by atoms with van der Waals surface area (Å²) in [5.41, 5.74) is 2.62. The number of hydrogen-bond donors (Lipinski definition) is 2. The minimum atomic E-state index is -4.49. The van der Waals surface area contributed by atoms with Crippen LogP contribution in [0.2, 0.25) is 0 Å². The number of pyridine rings is 1. The number of fused-ring (bicyclic) bond motifs is 4. The molecule has 3 amide bonds. The van der Waals surface area contributed by atoms with Crippen LogP contribution in [0.1, 0.15) is 23.4 Å². The molecule has 3 aromatic carbocycles. The predicted molar refractivity (Wildman–Crippen MR) is 172 cm³/mol. The highest BCUT2D eigenvalue weighted by molar-refractivity contribution is 6.05. The number of amides is 3. The van der Waals surface area contributed by atoms with Crippen molar-refractivity contribution in [1.29, 1.82) is 0 Å². The molecule has 0 radical (unpaired) electrons. The van der Waals surface area contributed by atoms with E-state index in [1.807, 2.05) is 30.3 Å². The number of ether oxygens (including phenoxy) is 1. The SMILES string of the molecule is O=C(NCc1ncc(-c2cccc(NC(=O)N3c4nc(-c5cccc(C(F)(F)F)c5)ccc4N4CC[C@H]3C4)c2)o1)OCc1ccccc1. The van der Waals surface area contributed by atoms with Gasteiger partial charge in [-0.1, -0.05) is 54.6 Å². The van der Waals surface area contributed by atoms with E-state index in [-0.39, 0.29) is 25.1 Å². The number of carbonyl (C=O) groups excluding carboxylic acids is 2. The number of oxazole rings is 1. The summed E-state index contributed by atoms with van der Waals surface area (Å²) in [6, 6.07) is 24.3. The van der Waals surface area contributed by atoms with Crippen molar-refractivity contribution in [2.24, 2.45) is 0 Å². The Balaban J connectivity index is 1.05. The van der Waals surface area contributed by atoms with Crippen LogP contribution in [-0.4, -0.2) is 41.2 Å². The van der Waals surface area contributed by atoms with Crippen molar-refractivity contribution in [2.45, 2.75) is 31.8 Å². The van der Waals surface area contributed by atoms with Crippen molar-refractivity contribution in [3.05, 3.63) is 114 Å². The maximum absolute atomic E-state index is 13.8. The molecule has 13 heteroatoms. The predicted octanol–water partition coefficient (Wildman–Crippen LogP) is 7.48. The van der Waals surface area contributed by atoms with Crippen LogP contribution in [0.5, 0.6) is 0 Å². The van der Waals surface area contributed by atoms with E-state index in [0.717, 1.165) is 36.3 Å². The first-order chi connectivity index (χ1) is 23.2. The number of rotatable bonds is 7. The standard InChI is InChI=1S/C35H29F3N6O4/c36-35(37,38)25-10-4-8-23(16-25)28-12-13-29-32(42-28)44(27-14-15-43(29)20-27)33(45)41-26-11-5-9-24(17-26)30-18-39-31(48-30)19-40-34(46)47-21-22-6-2-1-3-7-22/h1-13,16-18,27H,14-15,19-21H2,(H,40,46)(H,41,45)/t27-/m0/s1. The average Bonchev–Trinajstić information content (AvgIpc) is 3.75. The summed E-state index contributed by atoms with van der Waals surface area (Å²) in [6.45, 7) is 1.51. The van der Waals surface area contributed by atoms with Gasteiger partial charge in [0.15, 0.2) is 11.6 Å². The summed E-state index contributed by atoms with van der Waals surface area (Å²) in [6.07, 6.45) is -2.85. The zero-order chi connectivity index (χ0) is 33.3. The van der Waals surface area contributed by atoms with Gasteiger partial charge in [0, 0.05) is 29.9 Å². The molecule has 2 aliphatic heterocycles. The number of aromatic nitrogens is 2. The van der Waals surface area contributed by atoms with E-state index in [4.69, 9.17) is 14.1 Å². The number of halogens is 3. The first-order valence-electron chi connectivity index (χ1n) is 15.2. The number of benzene rings is 3. The summed E-state index contributed by atoms with van der Waals surface area (Å²) < 4.78 is 51.3. The molecule has 0 spiro atoms. The lowest BCUT2D eigenvalue weighted by Gasteiger charge is -2.36. The first kappa shape index (κ1) is 30.8. The highest BCUT2D eigenvalue weighted by Crippen LogP contribution is 2.41. The number of carbonyl (C=O) groups is 2. The molecule has 1 atom stereocenters. The molecule has 2 aliphatic rings. The highest BCUT2D eigenvalue weighted by Gasteiger charge is 2.40. The topological polar surface area (TPSA) is 113 Å². The van der Waals surface area contributed by atoms with Gasteiger partial charge in [0.1, 0.15) is 6.61 Å². The van der Waals surface area contributed by atoms with Gasteiger partial charge < -0.3 is 24.7 Å². The molecule has 1 saturated heterocycles. The smallest absolute Gasteiger partial charge is 0.416 e. The Bertz CT molecular complexity index is 1970. The minimum Gasteiger partial charge on any atom is -0.445 e. The van der Waals surface area contributed by atoms with Gasteiger partial charge in [-0.2, -0.15) is 13.2 Å². The van der Waals surface area contributed by atoms with Crippen LogP contribution in [0.3, 0.4) is 0 Å². The summed E-state index contributed by atoms with van der Waals surface area (Å²) >= 11 is 0. The van der Waals surface area contributed by atoms with Crippen LogP contribution in [-0.2, 0) is 24.1 Å². The maximum atomic E-state index is 13.8. The zero-order valence-electron chi connectivity index (χ0n) is 25.4. The third kappa shape index (κ3) is 6.52. The van der Waals surface area contributed by atoms with Gasteiger partial charge in [-0.15, -0.1) is 0 Å². The second kappa shape index (κ2) is 12.7. The Morgan fingerprint density at radius 1 is 0.958 bits per heavy atom. The van der Waals surface area contributed by atoms with Crippen LogP contribution in [0.4, 0.5) is 40.0 Å². The molecule has 48 heavy (non-hydrogen) atoms. The second-order valence-electron chi connectivity index (χ2n) is 11.4. The van der Waals surface area contributed by atoms with Crippen LogP contribution < -0.4 is 20.4 Å². The third-order valence-electron chi connectivity index (χ3n) is 8.21. The Hall–Kier alpha value is -5.85. The molecular formula is C35H29F3N6O4. The number of anilines is 3. The molecule has 2 N–H and O–H groups in total. The number of urea groups is 1. The fourth-order valence-electron chi connectivity index (χ4n) is 5.87. The van der Waals surface area contributed by atoms with Crippen molar-refractivity contribution in [3.8, 4) is 22.6 Å². The third-order valence-corrected chi connectivity index (χ3v) is 8.21. The molecule has 244 valence electrons. The van der Waals surface area contributed by atoms with Gasteiger partial charge in [0.2, 0.25) is 5.89 Å². The normalized spacial score (nSPS) is 15.2. The van der Waals surface area contributed by atoms with E-state index in [1.54, 1.807) is 47.4 Å². The molecule has 2 bridgehead atoms. The molecule has 5 aromatic rings. The molecule has 7 rings (SSSR count). The molecule has 4 heterocycles. The maximum Gasteiger partial charge on any atom is 0.416 e. The average molecular weight is 655 g/mol.